The normalized spacial score (nSPS) is 10.4. The second-order valence-electron chi connectivity index (χ2n) is 3.39. The number of hydrogen-bond donors (Lipinski definition) is 0. The molecule has 0 aromatic heterocycles. The lowest BCUT2D eigenvalue weighted by Crippen LogP contribution is -2.03. The van der Waals surface area contributed by atoms with E-state index < -0.39 is 12.0 Å². The van der Waals surface area contributed by atoms with Gasteiger partial charge in [-0.25, -0.2) is 13.6 Å². The van der Waals surface area contributed by atoms with Crippen LogP contribution in [0.2, 0.25) is 6.04 Å². The molecule has 0 saturated heterocycles. The lowest BCUT2D eigenvalue weighted by molar-refractivity contribution is -0.137. The van der Waals surface area contributed by atoms with Gasteiger partial charge in [0.15, 0.2) is 0 Å². The molecule has 0 aliphatic heterocycles. The van der Waals surface area contributed by atoms with Gasteiger partial charge in [0.2, 0.25) is 6.05 Å². The van der Waals surface area contributed by atoms with Crippen molar-refractivity contribution in [3.05, 3.63) is 12.7 Å². The third-order valence-electron chi connectivity index (χ3n) is 2.03. The molecular formula is C11H18F2O2Si. The predicted molar refractivity (Wildman–Crippen MR) is 60.8 cm³/mol. The number of alkyl halides is 2. The summed E-state index contributed by atoms with van der Waals surface area (Å²) >= 11 is 0. The van der Waals surface area contributed by atoms with Gasteiger partial charge in [-0.05, 0) is 6.42 Å². The van der Waals surface area contributed by atoms with Crippen LogP contribution in [0, 0.1) is 0 Å². The molecule has 0 aliphatic carbocycles. The standard InChI is InChI=1S/C11H18F2O2Si/c1-2-10(14)15-8-6-4-3-5-7-9-16-11(12)13/h2,11H,1,3-9H2. The number of carbonyl (C=O) groups is 1. The Kier molecular flexibility index (Phi) is 10.3. The van der Waals surface area contributed by atoms with E-state index in [2.05, 4.69) is 6.58 Å². The Labute approximate surface area is 97.9 Å². The van der Waals surface area contributed by atoms with Gasteiger partial charge in [-0.2, -0.15) is 0 Å². The summed E-state index contributed by atoms with van der Waals surface area (Å²) < 4.78 is 28.3. The number of esters is 1. The molecule has 0 N–H and O–H groups in total. The fraction of sp³-hybridized carbons (Fsp3) is 0.727. The number of carbonyl (C=O) groups excluding carboxylic acids is 1. The highest BCUT2D eigenvalue weighted by atomic mass is 28.2. The molecule has 0 spiro atoms. The average Bonchev–Trinajstić information content (AvgIpc) is 2.26. The van der Waals surface area contributed by atoms with Gasteiger partial charge in [0.05, 0.1) is 6.61 Å². The molecule has 16 heavy (non-hydrogen) atoms. The van der Waals surface area contributed by atoms with Gasteiger partial charge in [0.25, 0.3) is 0 Å². The molecule has 0 aromatic carbocycles. The van der Waals surface area contributed by atoms with Gasteiger partial charge < -0.3 is 4.74 Å². The lowest BCUT2D eigenvalue weighted by Gasteiger charge is -2.02. The van der Waals surface area contributed by atoms with Gasteiger partial charge in [-0.3, -0.25) is 0 Å². The van der Waals surface area contributed by atoms with Crippen molar-refractivity contribution in [2.75, 3.05) is 6.61 Å². The maximum Gasteiger partial charge on any atom is 0.330 e. The van der Waals surface area contributed by atoms with Crippen LogP contribution in [-0.2, 0) is 9.53 Å². The van der Waals surface area contributed by atoms with E-state index in [0.29, 0.717) is 12.7 Å². The minimum atomic E-state index is -2.14. The largest absolute Gasteiger partial charge is 0.463 e. The Morgan fingerprint density at radius 3 is 2.50 bits per heavy atom. The Hall–Kier alpha value is -0.713. The summed E-state index contributed by atoms with van der Waals surface area (Å²) in [5, 5.41) is 0. The highest BCUT2D eigenvalue weighted by Crippen LogP contribution is 2.07. The van der Waals surface area contributed by atoms with Crippen LogP contribution in [0.3, 0.4) is 0 Å². The maximum absolute atomic E-state index is 11.8. The van der Waals surface area contributed by atoms with Crippen molar-refractivity contribution in [2.24, 2.45) is 0 Å². The smallest absolute Gasteiger partial charge is 0.330 e. The Balaban J connectivity index is 3.04. The molecule has 0 unspecified atom stereocenters. The zero-order chi connectivity index (χ0) is 12.2. The molecule has 2 radical (unpaired) electrons. The highest BCUT2D eigenvalue weighted by Gasteiger charge is 2.02. The molecule has 0 amide bonds. The van der Waals surface area contributed by atoms with Gasteiger partial charge in [0.1, 0.15) is 9.52 Å². The monoisotopic (exact) mass is 248 g/mol. The number of rotatable bonds is 10. The van der Waals surface area contributed by atoms with Crippen LogP contribution in [0.25, 0.3) is 0 Å². The van der Waals surface area contributed by atoms with E-state index in [1.807, 2.05) is 0 Å². The van der Waals surface area contributed by atoms with Crippen LogP contribution < -0.4 is 0 Å². The zero-order valence-electron chi connectivity index (χ0n) is 9.38. The summed E-state index contributed by atoms with van der Waals surface area (Å²) in [5.74, 6) is -0.391. The van der Waals surface area contributed by atoms with Crippen LogP contribution >= 0.6 is 0 Å². The van der Waals surface area contributed by atoms with E-state index >= 15 is 0 Å². The second-order valence-corrected chi connectivity index (χ2v) is 4.74. The van der Waals surface area contributed by atoms with Gasteiger partial charge in [-0.15, -0.1) is 0 Å². The average molecular weight is 248 g/mol. The fourth-order valence-electron chi connectivity index (χ4n) is 1.20. The molecule has 0 atom stereocenters. The SMILES string of the molecule is C=CC(=O)OCCCCCCC[Si]C(F)F. The van der Waals surface area contributed by atoms with Crippen LogP contribution in [0.15, 0.2) is 12.7 Å². The van der Waals surface area contributed by atoms with E-state index in [1.54, 1.807) is 0 Å². The molecule has 2 nitrogen and oxygen atoms in total. The number of halogens is 2. The van der Waals surface area contributed by atoms with Crippen molar-refractivity contribution in [1.82, 2.24) is 0 Å². The summed E-state index contributed by atoms with van der Waals surface area (Å²) in [6.07, 6.45) is 5.81. The molecule has 5 heteroatoms. The van der Waals surface area contributed by atoms with Crippen molar-refractivity contribution in [1.29, 1.82) is 0 Å². The minimum Gasteiger partial charge on any atom is -0.463 e. The fourth-order valence-corrected chi connectivity index (χ4v) is 1.87. The molecule has 0 aromatic rings. The first kappa shape index (κ1) is 15.3. The molecule has 92 valence electrons. The minimum absolute atomic E-state index is 0.216. The lowest BCUT2D eigenvalue weighted by atomic mass is 10.2. The quantitative estimate of drug-likeness (QED) is 0.257. The van der Waals surface area contributed by atoms with E-state index in [1.165, 1.54) is 0 Å². The Bertz CT molecular complexity index is 198. The van der Waals surface area contributed by atoms with Gasteiger partial charge in [0, 0.05) is 6.08 Å². The van der Waals surface area contributed by atoms with Crippen LogP contribution in [-0.4, -0.2) is 28.1 Å². The molecule has 0 fully saturated rings. The van der Waals surface area contributed by atoms with Crippen molar-refractivity contribution in [3.8, 4) is 0 Å². The number of unbranched alkanes of at least 4 members (excludes halogenated alkanes) is 4. The molecule has 0 heterocycles. The molecule has 0 bridgehead atoms. The van der Waals surface area contributed by atoms with E-state index in [4.69, 9.17) is 4.74 Å². The van der Waals surface area contributed by atoms with Crippen LogP contribution in [0.4, 0.5) is 8.78 Å². The van der Waals surface area contributed by atoms with E-state index in [9.17, 15) is 13.6 Å². The Morgan fingerprint density at radius 2 is 1.88 bits per heavy atom. The highest BCUT2D eigenvalue weighted by molar-refractivity contribution is 6.36. The maximum atomic E-state index is 11.8. The summed E-state index contributed by atoms with van der Waals surface area (Å²) in [5.41, 5.74) is 0. The first-order valence-corrected chi connectivity index (χ1v) is 6.76. The van der Waals surface area contributed by atoms with E-state index in [0.717, 1.165) is 38.2 Å². The first-order valence-electron chi connectivity index (χ1n) is 5.47. The van der Waals surface area contributed by atoms with Crippen molar-refractivity contribution in [2.45, 2.75) is 44.2 Å². The number of hydrogen-bond acceptors (Lipinski definition) is 2. The van der Waals surface area contributed by atoms with Crippen LogP contribution in [0.5, 0.6) is 0 Å². The third kappa shape index (κ3) is 11.4. The zero-order valence-corrected chi connectivity index (χ0v) is 10.4. The summed E-state index contributed by atoms with van der Waals surface area (Å²) in [6.45, 7) is 3.71. The van der Waals surface area contributed by atoms with Crippen molar-refractivity contribution >= 4 is 15.5 Å². The first-order chi connectivity index (χ1) is 7.66. The van der Waals surface area contributed by atoms with Crippen LogP contribution in [0.1, 0.15) is 32.1 Å². The van der Waals surface area contributed by atoms with Crippen molar-refractivity contribution < 1.29 is 18.3 Å². The van der Waals surface area contributed by atoms with E-state index in [-0.39, 0.29) is 9.52 Å². The predicted octanol–water partition coefficient (Wildman–Crippen LogP) is 3.01. The summed E-state index contributed by atoms with van der Waals surface area (Å²) in [4.78, 5) is 10.6. The second kappa shape index (κ2) is 10.8. The Morgan fingerprint density at radius 1 is 1.25 bits per heavy atom. The third-order valence-corrected chi connectivity index (χ3v) is 2.98. The summed E-state index contributed by atoms with van der Waals surface area (Å²) in [7, 11) is -0.216. The topological polar surface area (TPSA) is 26.3 Å². The van der Waals surface area contributed by atoms with Crippen molar-refractivity contribution in [3.63, 3.8) is 0 Å². The summed E-state index contributed by atoms with van der Waals surface area (Å²) in [6, 6.07) is -1.51. The molecule has 0 rings (SSSR count). The molecular weight excluding hydrogens is 230 g/mol. The molecule has 0 aliphatic rings. The van der Waals surface area contributed by atoms with Gasteiger partial charge >= 0.3 is 5.97 Å². The number of ether oxygens (including phenoxy) is 1. The molecule has 0 saturated carbocycles. The van der Waals surface area contributed by atoms with Gasteiger partial charge in [-0.1, -0.05) is 38.3 Å².